The number of nitrogens with two attached hydrogens (primary N) is 1. The Morgan fingerprint density at radius 1 is 1.54 bits per heavy atom. The summed E-state index contributed by atoms with van der Waals surface area (Å²) in [7, 11) is -1.98. The SMILES string of the molecule is CC(C)(C)[Si](C)(C)OC[C@@H]1O[C@H](n2cnc3c(=O)[nH]c(N)nc32)C[C@H]1N=[N+]=[N-]. The highest BCUT2D eigenvalue weighted by molar-refractivity contribution is 6.74. The van der Waals surface area contributed by atoms with Crippen LogP contribution in [-0.2, 0) is 9.16 Å². The third-order valence-electron chi connectivity index (χ3n) is 5.58. The maximum atomic E-state index is 12.0. The second kappa shape index (κ2) is 7.21. The van der Waals surface area contributed by atoms with Crippen molar-refractivity contribution in [2.75, 3.05) is 12.3 Å². The Hall–Kier alpha value is -2.40. The Balaban J connectivity index is 1.84. The van der Waals surface area contributed by atoms with E-state index in [4.69, 9.17) is 20.4 Å². The zero-order valence-corrected chi connectivity index (χ0v) is 17.7. The first-order chi connectivity index (χ1) is 13.0. The first kappa shape index (κ1) is 20.3. The average molecular weight is 407 g/mol. The number of hydrogen-bond acceptors (Lipinski definition) is 7. The molecule has 1 saturated heterocycles. The van der Waals surface area contributed by atoms with Crippen LogP contribution in [-0.4, -0.2) is 46.6 Å². The minimum atomic E-state index is -1.98. The van der Waals surface area contributed by atoms with Crippen LogP contribution in [0.5, 0.6) is 0 Å². The zero-order chi connectivity index (χ0) is 20.7. The molecule has 2 aromatic rings. The zero-order valence-electron chi connectivity index (χ0n) is 16.7. The molecule has 28 heavy (non-hydrogen) atoms. The second-order valence-electron chi connectivity index (χ2n) is 8.48. The van der Waals surface area contributed by atoms with Crippen molar-refractivity contribution in [2.45, 2.75) is 63.7 Å². The largest absolute Gasteiger partial charge is 0.414 e. The third kappa shape index (κ3) is 3.76. The summed E-state index contributed by atoms with van der Waals surface area (Å²) in [5.74, 6) is 0.00153. The Bertz CT molecular complexity index is 972. The Kier molecular flexibility index (Phi) is 5.23. The fraction of sp³-hybridized carbons (Fsp3) is 0.688. The van der Waals surface area contributed by atoms with Crippen LogP contribution in [0.1, 0.15) is 33.4 Å². The van der Waals surface area contributed by atoms with Gasteiger partial charge in [-0.1, -0.05) is 25.9 Å². The number of nitrogen functional groups attached to an aromatic ring is 1. The first-order valence-electron chi connectivity index (χ1n) is 9.09. The van der Waals surface area contributed by atoms with Crippen LogP contribution in [0.4, 0.5) is 5.95 Å². The summed E-state index contributed by atoms with van der Waals surface area (Å²) in [5, 5.41) is 3.94. The van der Waals surface area contributed by atoms with Crippen LogP contribution in [0, 0.1) is 0 Å². The van der Waals surface area contributed by atoms with Gasteiger partial charge in [-0.3, -0.25) is 14.3 Å². The molecule has 0 aliphatic carbocycles. The van der Waals surface area contributed by atoms with Crippen molar-refractivity contribution >= 4 is 25.4 Å². The molecule has 1 aliphatic rings. The summed E-state index contributed by atoms with van der Waals surface area (Å²) >= 11 is 0. The lowest BCUT2D eigenvalue weighted by molar-refractivity contribution is -0.0207. The molecular formula is C16H26N8O3Si. The molecule has 0 aromatic carbocycles. The third-order valence-corrected chi connectivity index (χ3v) is 10.1. The molecule has 3 N–H and O–H groups in total. The normalized spacial score (nSPS) is 23.1. The highest BCUT2D eigenvalue weighted by Crippen LogP contribution is 2.38. The number of hydrogen-bond donors (Lipinski definition) is 2. The Morgan fingerprint density at radius 3 is 2.89 bits per heavy atom. The van der Waals surface area contributed by atoms with E-state index in [1.807, 2.05) is 0 Å². The molecule has 152 valence electrons. The van der Waals surface area contributed by atoms with Crippen LogP contribution >= 0.6 is 0 Å². The van der Waals surface area contributed by atoms with Crippen LogP contribution in [0.3, 0.4) is 0 Å². The highest BCUT2D eigenvalue weighted by atomic mass is 28.4. The second-order valence-corrected chi connectivity index (χ2v) is 13.3. The molecule has 12 heteroatoms. The maximum absolute atomic E-state index is 12.0. The van der Waals surface area contributed by atoms with E-state index in [0.29, 0.717) is 18.7 Å². The summed E-state index contributed by atoms with van der Waals surface area (Å²) < 4.78 is 14.0. The molecule has 1 fully saturated rings. The van der Waals surface area contributed by atoms with Crippen molar-refractivity contribution in [3.05, 3.63) is 27.1 Å². The number of ether oxygens (including phenoxy) is 1. The standard InChI is InChI=1S/C16H26N8O3Si/c1-16(2,3)28(4,5)26-7-10-9(22-23-18)6-11(27-10)24-8-19-12-13(24)20-15(17)21-14(12)25/h8-11H,6-7H2,1-5H3,(H3,17,20,21,25)/t9-,10+,11+/m1/s1. The molecule has 11 nitrogen and oxygen atoms in total. The van der Waals surface area contributed by atoms with E-state index < -0.39 is 32.3 Å². The van der Waals surface area contributed by atoms with Crippen molar-refractivity contribution in [3.63, 3.8) is 0 Å². The minimum Gasteiger partial charge on any atom is -0.414 e. The van der Waals surface area contributed by atoms with Crippen LogP contribution in [0.25, 0.3) is 21.6 Å². The number of nitrogens with one attached hydrogen (secondary N) is 1. The molecule has 0 spiro atoms. The molecule has 0 radical (unpaired) electrons. The van der Waals surface area contributed by atoms with Gasteiger partial charge in [-0.25, -0.2) is 4.98 Å². The lowest BCUT2D eigenvalue weighted by Gasteiger charge is -2.37. The number of fused-ring (bicyclic) bond motifs is 1. The quantitative estimate of drug-likeness (QED) is 0.336. The fourth-order valence-electron chi connectivity index (χ4n) is 2.88. The number of rotatable bonds is 5. The lowest BCUT2D eigenvalue weighted by Crippen LogP contribution is -2.43. The van der Waals surface area contributed by atoms with Gasteiger partial charge in [-0.15, -0.1) is 0 Å². The number of nitrogens with zero attached hydrogens (tertiary/aromatic N) is 6. The van der Waals surface area contributed by atoms with E-state index in [9.17, 15) is 4.79 Å². The summed E-state index contributed by atoms with van der Waals surface area (Å²) in [6.45, 7) is 11.1. The number of imidazole rings is 1. The van der Waals surface area contributed by atoms with E-state index in [1.165, 1.54) is 6.33 Å². The van der Waals surface area contributed by atoms with Gasteiger partial charge >= 0.3 is 0 Å². The number of azide groups is 1. The average Bonchev–Trinajstić information content (AvgIpc) is 3.16. The van der Waals surface area contributed by atoms with Gasteiger partial charge in [0, 0.05) is 11.3 Å². The van der Waals surface area contributed by atoms with Crippen molar-refractivity contribution in [1.29, 1.82) is 0 Å². The van der Waals surface area contributed by atoms with Gasteiger partial charge in [0.05, 0.1) is 25.1 Å². The molecule has 0 bridgehead atoms. The smallest absolute Gasteiger partial charge is 0.280 e. The molecular weight excluding hydrogens is 380 g/mol. The molecule has 3 rings (SSSR count). The summed E-state index contributed by atoms with van der Waals surface area (Å²) in [5.41, 5.74) is 14.7. The van der Waals surface area contributed by atoms with Gasteiger partial charge in [0.15, 0.2) is 19.5 Å². The van der Waals surface area contributed by atoms with Gasteiger partial charge in [-0.2, -0.15) is 4.98 Å². The molecule has 3 atom stereocenters. The molecule has 1 aliphatic heterocycles. The van der Waals surface area contributed by atoms with E-state index >= 15 is 0 Å². The minimum absolute atomic E-state index is 0.00153. The highest BCUT2D eigenvalue weighted by Gasteiger charge is 2.41. The number of H-pyrrole nitrogens is 1. The van der Waals surface area contributed by atoms with Gasteiger partial charge in [0.25, 0.3) is 5.56 Å². The molecule has 0 unspecified atom stereocenters. The molecule has 0 amide bonds. The topological polar surface area (TPSA) is 157 Å². The predicted molar refractivity (Wildman–Crippen MR) is 107 cm³/mol. The van der Waals surface area contributed by atoms with E-state index in [0.717, 1.165) is 0 Å². The van der Waals surface area contributed by atoms with Gasteiger partial charge < -0.3 is 14.9 Å². The summed E-state index contributed by atoms with van der Waals surface area (Å²) in [6.07, 6.45) is 1.03. The molecule has 2 aromatic heterocycles. The summed E-state index contributed by atoms with van der Waals surface area (Å²) in [6, 6.07) is -0.392. The number of anilines is 1. The van der Waals surface area contributed by atoms with Crippen molar-refractivity contribution in [3.8, 4) is 0 Å². The number of aromatic nitrogens is 4. The van der Waals surface area contributed by atoms with Crippen molar-refractivity contribution < 1.29 is 9.16 Å². The van der Waals surface area contributed by atoms with Crippen LogP contribution in [0.2, 0.25) is 18.1 Å². The van der Waals surface area contributed by atoms with Gasteiger partial charge in [0.1, 0.15) is 6.23 Å². The fourth-order valence-corrected chi connectivity index (χ4v) is 3.90. The Morgan fingerprint density at radius 2 is 2.25 bits per heavy atom. The van der Waals surface area contributed by atoms with E-state index in [-0.39, 0.29) is 16.5 Å². The molecule has 3 heterocycles. The maximum Gasteiger partial charge on any atom is 0.280 e. The van der Waals surface area contributed by atoms with Gasteiger partial charge in [0.2, 0.25) is 5.95 Å². The lowest BCUT2D eigenvalue weighted by atomic mass is 10.1. The van der Waals surface area contributed by atoms with Crippen molar-refractivity contribution in [2.24, 2.45) is 5.11 Å². The van der Waals surface area contributed by atoms with E-state index in [2.05, 4.69) is 58.8 Å². The van der Waals surface area contributed by atoms with Crippen molar-refractivity contribution in [1.82, 2.24) is 19.5 Å². The predicted octanol–water partition coefficient (Wildman–Crippen LogP) is 2.69. The Labute approximate surface area is 163 Å². The first-order valence-corrected chi connectivity index (χ1v) is 12.0. The van der Waals surface area contributed by atoms with Crippen LogP contribution in [0.15, 0.2) is 16.2 Å². The van der Waals surface area contributed by atoms with Crippen LogP contribution < -0.4 is 11.3 Å². The molecule has 0 saturated carbocycles. The summed E-state index contributed by atoms with van der Waals surface area (Å²) in [4.78, 5) is 25.6. The number of aromatic amines is 1. The van der Waals surface area contributed by atoms with E-state index in [1.54, 1.807) is 4.57 Å². The van der Waals surface area contributed by atoms with Gasteiger partial charge in [-0.05, 0) is 23.7 Å². The monoisotopic (exact) mass is 406 g/mol.